The second-order valence-corrected chi connectivity index (χ2v) is 7.32. The lowest BCUT2D eigenvalue weighted by atomic mass is 9.94. The molecule has 142 valence electrons. The first-order valence-electron chi connectivity index (χ1n) is 9.26. The Morgan fingerprint density at radius 3 is 2.18 bits per heavy atom. The van der Waals surface area contributed by atoms with Crippen LogP contribution >= 0.6 is 0 Å². The van der Waals surface area contributed by atoms with Crippen molar-refractivity contribution in [3.05, 3.63) is 77.5 Å². The van der Waals surface area contributed by atoms with Crippen LogP contribution in [-0.4, -0.2) is 11.2 Å². The van der Waals surface area contributed by atoms with Gasteiger partial charge in [0.1, 0.15) is 0 Å². The maximum Gasteiger partial charge on any atom is 0.389 e. The summed E-state index contributed by atoms with van der Waals surface area (Å²) in [5.41, 5.74) is 5.01. The zero-order valence-corrected chi connectivity index (χ0v) is 15.8. The Balaban J connectivity index is 1.90. The lowest BCUT2D eigenvalue weighted by Gasteiger charge is -2.13. The maximum absolute atomic E-state index is 12.7. The Morgan fingerprint density at radius 2 is 1.46 bits per heavy atom. The van der Waals surface area contributed by atoms with E-state index in [1.165, 1.54) is 11.1 Å². The zero-order chi connectivity index (χ0) is 19.9. The standard InChI is InChI=1S/C24H20F3N/c1-15-12-16(2)14-18(13-15)23-22-7-6-19-17(8-10-24(25,26)27)4-3-5-20(19)21(22)9-11-28-23/h3-7,9,11-14H,8,10H2,1-2H3. The van der Waals surface area contributed by atoms with Gasteiger partial charge in [-0.25, -0.2) is 0 Å². The quantitative estimate of drug-likeness (QED) is 0.344. The van der Waals surface area contributed by atoms with Gasteiger partial charge in [0.25, 0.3) is 0 Å². The molecule has 4 rings (SSSR count). The molecular weight excluding hydrogens is 359 g/mol. The normalized spacial score (nSPS) is 12.0. The second kappa shape index (κ2) is 6.93. The monoisotopic (exact) mass is 379 g/mol. The van der Waals surface area contributed by atoms with E-state index in [9.17, 15) is 13.2 Å². The maximum atomic E-state index is 12.7. The van der Waals surface area contributed by atoms with E-state index in [1.54, 1.807) is 12.3 Å². The number of rotatable bonds is 3. The van der Waals surface area contributed by atoms with Crippen LogP contribution in [-0.2, 0) is 6.42 Å². The van der Waals surface area contributed by atoms with Crippen LogP contribution in [0.1, 0.15) is 23.1 Å². The predicted molar refractivity (Wildman–Crippen MR) is 109 cm³/mol. The van der Waals surface area contributed by atoms with Gasteiger partial charge in [0.2, 0.25) is 0 Å². The van der Waals surface area contributed by atoms with E-state index in [4.69, 9.17) is 0 Å². The van der Waals surface area contributed by atoms with Crippen molar-refractivity contribution in [3.63, 3.8) is 0 Å². The smallest absolute Gasteiger partial charge is 0.256 e. The summed E-state index contributed by atoms with van der Waals surface area (Å²) in [6.45, 7) is 4.12. The number of aromatic nitrogens is 1. The molecule has 0 bridgehead atoms. The van der Waals surface area contributed by atoms with Crippen molar-refractivity contribution < 1.29 is 13.2 Å². The average molecular weight is 379 g/mol. The largest absolute Gasteiger partial charge is 0.389 e. The molecule has 0 radical (unpaired) electrons. The SMILES string of the molecule is Cc1cc(C)cc(-c2nccc3c2ccc2c(CCC(F)(F)F)cccc23)c1. The summed E-state index contributed by atoms with van der Waals surface area (Å²) < 4.78 is 38.1. The van der Waals surface area contributed by atoms with Crippen LogP contribution in [0.5, 0.6) is 0 Å². The average Bonchev–Trinajstić information content (AvgIpc) is 2.64. The van der Waals surface area contributed by atoms with Gasteiger partial charge in [-0.2, -0.15) is 13.2 Å². The molecule has 4 heteroatoms. The second-order valence-electron chi connectivity index (χ2n) is 7.32. The summed E-state index contributed by atoms with van der Waals surface area (Å²) in [6, 6.07) is 17.8. The molecule has 3 aromatic carbocycles. The van der Waals surface area contributed by atoms with Gasteiger partial charge in [-0.3, -0.25) is 4.98 Å². The number of fused-ring (bicyclic) bond motifs is 3. The zero-order valence-electron chi connectivity index (χ0n) is 15.8. The van der Waals surface area contributed by atoms with Crippen molar-refractivity contribution in [1.29, 1.82) is 0 Å². The van der Waals surface area contributed by atoms with E-state index in [-0.39, 0.29) is 6.42 Å². The number of hydrogen-bond acceptors (Lipinski definition) is 1. The summed E-state index contributed by atoms with van der Waals surface area (Å²) in [6.07, 6.45) is -3.20. The predicted octanol–water partition coefficient (Wildman–Crippen LogP) is 7.17. The molecule has 1 heterocycles. The minimum atomic E-state index is -4.15. The molecule has 0 spiro atoms. The number of nitrogens with zero attached hydrogens (tertiary/aromatic N) is 1. The van der Waals surface area contributed by atoms with Crippen LogP contribution in [0, 0.1) is 13.8 Å². The van der Waals surface area contributed by atoms with E-state index in [2.05, 4.69) is 37.0 Å². The van der Waals surface area contributed by atoms with Crippen molar-refractivity contribution >= 4 is 21.5 Å². The van der Waals surface area contributed by atoms with E-state index in [0.29, 0.717) is 0 Å². The Hall–Kier alpha value is -2.88. The molecule has 1 nitrogen and oxygen atoms in total. The van der Waals surface area contributed by atoms with Gasteiger partial charge in [-0.1, -0.05) is 47.5 Å². The fourth-order valence-electron chi connectivity index (χ4n) is 3.92. The molecule has 0 atom stereocenters. The summed E-state index contributed by atoms with van der Waals surface area (Å²) in [5.74, 6) is 0. The van der Waals surface area contributed by atoms with Crippen LogP contribution in [0.4, 0.5) is 13.2 Å². The van der Waals surface area contributed by atoms with Gasteiger partial charge < -0.3 is 0 Å². The highest BCUT2D eigenvalue weighted by molar-refractivity contribution is 6.12. The van der Waals surface area contributed by atoms with Crippen LogP contribution in [0.2, 0.25) is 0 Å². The van der Waals surface area contributed by atoms with E-state index < -0.39 is 12.6 Å². The van der Waals surface area contributed by atoms with Gasteiger partial charge >= 0.3 is 6.18 Å². The van der Waals surface area contributed by atoms with Gasteiger partial charge in [0.05, 0.1) is 5.69 Å². The number of pyridine rings is 1. The van der Waals surface area contributed by atoms with Crippen LogP contribution in [0.3, 0.4) is 0 Å². The van der Waals surface area contributed by atoms with Crippen LogP contribution < -0.4 is 0 Å². The molecule has 0 aliphatic rings. The van der Waals surface area contributed by atoms with E-state index in [0.717, 1.165) is 38.4 Å². The Labute approximate surface area is 161 Å². The number of hydrogen-bond donors (Lipinski definition) is 0. The molecule has 0 fully saturated rings. The molecule has 0 saturated heterocycles. The first-order valence-corrected chi connectivity index (χ1v) is 9.26. The fraction of sp³-hybridized carbons (Fsp3) is 0.208. The van der Waals surface area contributed by atoms with Crippen molar-refractivity contribution in [2.45, 2.75) is 32.9 Å². The fourth-order valence-corrected chi connectivity index (χ4v) is 3.92. The van der Waals surface area contributed by atoms with Gasteiger partial charge in [0, 0.05) is 23.6 Å². The first kappa shape index (κ1) is 18.5. The van der Waals surface area contributed by atoms with Gasteiger partial charge in [-0.15, -0.1) is 0 Å². The highest BCUT2D eigenvalue weighted by Gasteiger charge is 2.26. The number of aryl methyl sites for hydroxylation is 3. The summed E-state index contributed by atoms with van der Waals surface area (Å²) >= 11 is 0. The highest BCUT2D eigenvalue weighted by Crippen LogP contribution is 2.34. The summed E-state index contributed by atoms with van der Waals surface area (Å²) in [4.78, 5) is 4.61. The molecular formula is C24H20F3N. The molecule has 0 aliphatic carbocycles. The van der Waals surface area contributed by atoms with Crippen molar-refractivity contribution in [1.82, 2.24) is 4.98 Å². The molecule has 4 aromatic rings. The molecule has 0 saturated carbocycles. The molecule has 0 aliphatic heterocycles. The van der Waals surface area contributed by atoms with Crippen molar-refractivity contribution in [2.24, 2.45) is 0 Å². The Morgan fingerprint density at radius 1 is 0.786 bits per heavy atom. The molecule has 1 aromatic heterocycles. The van der Waals surface area contributed by atoms with E-state index in [1.807, 2.05) is 30.3 Å². The van der Waals surface area contributed by atoms with Crippen LogP contribution in [0.15, 0.2) is 60.8 Å². The third-order valence-corrected chi connectivity index (χ3v) is 5.07. The Bertz CT molecular complexity index is 1160. The summed E-state index contributed by atoms with van der Waals surface area (Å²) in [7, 11) is 0. The van der Waals surface area contributed by atoms with Crippen molar-refractivity contribution in [2.75, 3.05) is 0 Å². The van der Waals surface area contributed by atoms with E-state index >= 15 is 0 Å². The van der Waals surface area contributed by atoms with Gasteiger partial charge in [-0.05, 0) is 60.2 Å². The number of halogens is 3. The third-order valence-electron chi connectivity index (χ3n) is 5.07. The van der Waals surface area contributed by atoms with Crippen molar-refractivity contribution in [3.8, 4) is 11.3 Å². The van der Waals surface area contributed by atoms with Crippen LogP contribution in [0.25, 0.3) is 32.8 Å². The molecule has 0 amide bonds. The first-order chi connectivity index (χ1) is 13.3. The lowest BCUT2D eigenvalue weighted by Crippen LogP contribution is -2.08. The van der Waals surface area contributed by atoms with Gasteiger partial charge in [0.15, 0.2) is 0 Å². The Kier molecular flexibility index (Phi) is 4.58. The third kappa shape index (κ3) is 3.59. The number of benzene rings is 3. The minimum Gasteiger partial charge on any atom is -0.256 e. The topological polar surface area (TPSA) is 12.9 Å². The molecule has 0 N–H and O–H groups in total. The molecule has 0 unspecified atom stereocenters. The number of alkyl halides is 3. The lowest BCUT2D eigenvalue weighted by molar-refractivity contribution is -0.133. The molecule has 28 heavy (non-hydrogen) atoms. The highest BCUT2D eigenvalue weighted by atomic mass is 19.4. The summed E-state index contributed by atoms with van der Waals surface area (Å²) in [5, 5.41) is 3.85. The minimum absolute atomic E-state index is 0.0125.